The minimum absolute atomic E-state index is 0.400. The topological polar surface area (TPSA) is 79.5 Å². The number of carbonyl (C=O) groups is 1. The second-order valence-corrected chi connectivity index (χ2v) is 4.47. The number of nitrogens with zero attached hydrogens (tertiary/aromatic N) is 1. The predicted molar refractivity (Wildman–Crippen MR) is 68.5 cm³/mol. The minimum atomic E-state index is -1.32. The second-order valence-electron chi connectivity index (χ2n) is 4.47. The smallest absolute Gasteiger partial charge is 0.341 e. The molecule has 19 heavy (non-hydrogen) atoms. The lowest BCUT2D eigenvalue weighted by Crippen LogP contribution is -2.22. The van der Waals surface area contributed by atoms with Gasteiger partial charge in [-0.05, 0) is 12.0 Å². The van der Waals surface area contributed by atoms with Gasteiger partial charge in [0.15, 0.2) is 5.75 Å². The van der Waals surface area contributed by atoms with Crippen LogP contribution in [0.1, 0.15) is 15.9 Å². The van der Waals surface area contributed by atoms with Gasteiger partial charge >= 0.3 is 5.97 Å². The Balaban J connectivity index is 2.36. The number of carboxylic acid groups (broad SMARTS) is 1. The van der Waals surface area contributed by atoms with Gasteiger partial charge in [-0.1, -0.05) is 24.3 Å². The van der Waals surface area contributed by atoms with Crippen molar-refractivity contribution in [3.8, 4) is 17.0 Å². The largest absolute Gasteiger partial charge is 0.503 e. The van der Waals surface area contributed by atoms with E-state index in [9.17, 15) is 14.7 Å². The van der Waals surface area contributed by atoms with Crippen molar-refractivity contribution < 1.29 is 15.0 Å². The van der Waals surface area contributed by atoms with Crippen LogP contribution >= 0.6 is 0 Å². The first kappa shape index (κ1) is 11.5. The first-order valence-electron chi connectivity index (χ1n) is 5.87. The zero-order chi connectivity index (χ0) is 13.6. The number of carboxylic acids is 1. The van der Waals surface area contributed by atoms with Gasteiger partial charge in [-0.3, -0.25) is 4.79 Å². The summed E-state index contributed by atoms with van der Waals surface area (Å²) >= 11 is 0. The molecule has 5 nitrogen and oxygen atoms in total. The molecule has 0 fully saturated rings. The van der Waals surface area contributed by atoms with Crippen LogP contribution in [0.2, 0.25) is 0 Å². The van der Waals surface area contributed by atoms with E-state index in [0.29, 0.717) is 12.2 Å². The fourth-order valence-corrected chi connectivity index (χ4v) is 2.47. The maximum Gasteiger partial charge on any atom is 0.341 e. The molecule has 1 aliphatic rings. The maximum atomic E-state index is 11.8. The average Bonchev–Trinajstić information content (AvgIpc) is 2.41. The van der Waals surface area contributed by atoms with Gasteiger partial charge in [0, 0.05) is 18.3 Å². The maximum absolute atomic E-state index is 11.8. The molecule has 2 N–H and O–H groups in total. The number of aryl methyl sites for hydroxylation is 2. The molecule has 1 aliphatic heterocycles. The van der Waals surface area contributed by atoms with Crippen LogP contribution in [0.4, 0.5) is 0 Å². The fourth-order valence-electron chi connectivity index (χ4n) is 2.47. The third-order valence-corrected chi connectivity index (χ3v) is 3.38. The Kier molecular flexibility index (Phi) is 2.41. The highest BCUT2D eigenvalue weighted by Crippen LogP contribution is 2.33. The number of aromatic carboxylic acids is 1. The molecule has 0 aliphatic carbocycles. The Morgan fingerprint density at radius 2 is 2.00 bits per heavy atom. The first-order valence-corrected chi connectivity index (χ1v) is 5.87. The molecule has 96 valence electrons. The Morgan fingerprint density at radius 1 is 1.26 bits per heavy atom. The van der Waals surface area contributed by atoms with Gasteiger partial charge in [0.2, 0.25) is 5.43 Å². The van der Waals surface area contributed by atoms with E-state index in [1.807, 2.05) is 24.3 Å². The zero-order valence-electron chi connectivity index (χ0n) is 9.96. The molecule has 0 saturated carbocycles. The Bertz CT molecular complexity index is 746. The molecule has 5 heteroatoms. The first-order chi connectivity index (χ1) is 9.09. The quantitative estimate of drug-likeness (QED) is 0.810. The highest BCUT2D eigenvalue weighted by molar-refractivity contribution is 5.89. The van der Waals surface area contributed by atoms with Gasteiger partial charge < -0.3 is 14.8 Å². The Morgan fingerprint density at radius 3 is 2.74 bits per heavy atom. The van der Waals surface area contributed by atoms with Crippen LogP contribution in [-0.2, 0) is 13.0 Å². The summed E-state index contributed by atoms with van der Waals surface area (Å²) in [6.45, 7) is 0.542. The predicted octanol–water partition coefficient (Wildman–Crippen LogP) is 1.48. The molecule has 0 atom stereocenters. The Labute approximate surface area is 108 Å². The van der Waals surface area contributed by atoms with E-state index in [1.54, 1.807) is 4.57 Å². The lowest BCUT2D eigenvalue weighted by atomic mass is 9.96. The molecule has 2 heterocycles. The van der Waals surface area contributed by atoms with Crippen LogP contribution in [0, 0.1) is 0 Å². The van der Waals surface area contributed by atoms with Crippen molar-refractivity contribution in [2.75, 3.05) is 0 Å². The number of aromatic nitrogens is 1. The summed E-state index contributed by atoms with van der Waals surface area (Å²) in [6.07, 6.45) is 2.04. The number of hydrogen-bond donors (Lipinski definition) is 2. The van der Waals surface area contributed by atoms with Gasteiger partial charge in [-0.15, -0.1) is 0 Å². The van der Waals surface area contributed by atoms with E-state index in [-0.39, 0.29) is 0 Å². The van der Waals surface area contributed by atoms with Crippen LogP contribution in [0.15, 0.2) is 35.3 Å². The monoisotopic (exact) mass is 257 g/mol. The van der Waals surface area contributed by atoms with Crippen molar-refractivity contribution in [2.24, 2.45) is 0 Å². The van der Waals surface area contributed by atoms with Gasteiger partial charge in [0.05, 0.1) is 5.69 Å². The molecule has 0 unspecified atom stereocenters. The van der Waals surface area contributed by atoms with Crippen molar-refractivity contribution >= 4 is 5.97 Å². The van der Waals surface area contributed by atoms with Crippen LogP contribution < -0.4 is 5.43 Å². The zero-order valence-corrected chi connectivity index (χ0v) is 9.96. The summed E-state index contributed by atoms with van der Waals surface area (Å²) in [4.78, 5) is 22.8. The molecule has 1 aromatic heterocycles. The van der Waals surface area contributed by atoms with E-state index in [1.165, 1.54) is 6.20 Å². The molecule has 0 amide bonds. The molecule has 0 bridgehead atoms. The molecular weight excluding hydrogens is 246 g/mol. The fraction of sp³-hybridized carbons (Fsp3) is 0.143. The van der Waals surface area contributed by atoms with Crippen molar-refractivity contribution in [1.29, 1.82) is 0 Å². The standard InChI is InChI=1S/C14H11NO4/c16-12-10(14(18)19)7-15-6-5-8-3-1-2-4-9(8)11(15)13(12)17/h1-4,7,17H,5-6H2,(H,18,19). The van der Waals surface area contributed by atoms with Crippen LogP contribution in [0.3, 0.4) is 0 Å². The summed E-state index contributed by atoms with van der Waals surface area (Å²) in [6, 6.07) is 7.48. The van der Waals surface area contributed by atoms with Crippen molar-refractivity contribution in [2.45, 2.75) is 13.0 Å². The van der Waals surface area contributed by atoms with Crippen molar-refractivity contribution in [3.63, 3.8) is 0 Å². The number of rotatable bonds is 1. The Hall–Kier alpha value is -2.56. The van der Waals surface area contributed by atoms with E-state index in [2.05, 4.69) is 0 Å². The van der Waals surface area contributed by atoms with Crippen LogP contribution in [0.25, 0.3) is 11.3 Å². The molecule has 2 aromatic rings. The number of hydrogen-bond acceptors (Lipinski definition) is 3. The molecular formula is C14H11NO4. The third-order valence-electron chi connectivity index (χ3n) is 3.38. The van der Waals surface area contributed by atoms with Crippen LogP contribution in [-0.4, -0.2) is 20.7 Å². The second kappa shape index (κ2) is 3.98. The molecule has 0 saturated heterocycles. The number of aromatic hydroxyl groups is 1. The number of fused-ring (bicyclic) bond motifs is 3. The lowest BCUT2D eigenvalue weighted by molar-refractivity contribution is 0.0694. The van der Waals surface area contributed by atoms with Gasteiger partial charge in [-0.2, -0.15) is 0 Å². The van der Waals surface area contributed by atoms with E-state index in [0.717, 1.165) is 17.5 Å². The SMILES string of the molecule is O=C(O)c1cn2c(c(O)c1=O)-c1ccccc1CC2. The highest BCUT2D eigenvalue weighted by atomic mass is 16.4. The van der Waals surface area contributed by atoms with E-state index < -0.39 is 22.7 Å². The summed E-state index contributed by atoms with van der Waals surface area (Å²) in [5.74, 6) is -1.82. The highest BCUT2D eigenvalue weighted by Gasteiger charge is 2.24. The summed E-state index contributed by atoms with van der Waals surface area (Å²) in [5.41, 5.74) is 0.980. The van der Waals surface area contributed by atoms with E-state index >= 15 is 0 Å². The molecule has 1 aromatic carbocycles. The average molecular weight is 257 g/mol. The molecule has 3 rings (SSSR count). The van der Waals surface area contributed by atoms with Crippen molar-refractivity contribution in [1.82, 2.24) is 4.57 Å². The summed E-state index contributed by atoms with van der Waals surface area (Å²) in [5, 5.41) is 19.0. The lowest BCUT2D eigenvalue weighted by Gasteiger charge is -2.23. The van der Waals surface area contributed by atoms with E-state index in [4.69, 9.17) is 5.11 Å². The van der Waals surface area contributed by atoms with Gasteiger partial charge in [0.1, 0.15) is 5.56 Å². The van der Waals surface area contributed by atoms with Gasteiger partial charge in [0.25, 0.3) is 0 Å². The third kappa shape index (κ3) is 1.62. The molecule has 0 spiro atoms. The molecule has 0 radical (unpaired) electrons. The summed E-state index contributed by atoms with van der Waals surface area (Å²) in [7, 11) is 0. The van der Waals surface area contributed by atoms with Gasteiger partial charge in [-0.25, -0.2) is 4.79 Å². The number of pyridine rings is 1. The minimum Gasteiger partial charge on any atom is -0.503 e. The van der Waals surface area contributed by atoms with Crippen molar-refractivity contribution in [3.05, 3.63) is 51.8 Å². The normalized spacial score (nSPS) is 12.6. The summed E-state index contributed by atoms with van der Waals surface area (Å²) < 4.78 is 1.63. The van der Waals surface area contributed by atoms with Crippen LogP contribution in [0.5, 0.6) is 5.75 Å². The number of benzene rings is 1.